The highest BCUT2D eigenvalue weighted by Gasteiger charge is 2.20. The van der Waals surface area contributed by atoms with Gasteiger partial charge in [0.1, 0.15) is 0 Å². The van der Waals surface area contributed by atoms with Crippen LogP contribution < -0.4 is 0 Å². The molecule has 0 spiro atoms. The van der Waals surface area contributed by atoms with Crippen LogP contribution in [0.5, 0.6) is 0 Å². The summed E-state index contributed by atoms with van der Waals surface area (Å²) in [6.07, 6.45) is 0. The van der Waals surface area contributed by atoms with Crippen LogP contribution in [0.1, 0.15) is 66.8 Å². The van der Waals surface area contributed by atoms with Crippen molar-refractivity contribution in [2.45, 2.75) is 92.9 Å². The number of aryl methyl sites for hydroxylation is 12. The average molecular weight is 719 g/mol. The summed E-state index contributed by atoms with van der Waals surface area (Å²) in [6, 6.07) is 32.6. The van der Waals surface area contributed by atoms with Crippen LogP contribution in [0.4, 0.5) is 0 Å². The van der Waals surface area contributed by atoms with Crippen LogP contribution >= 0.6 is 21.8 Å². The van der Waals surface area contributed by atoms with Crippen molar-refractivity contribution >= 4 is 28.9 Å². The lowest BCUT2D eigenvalue weighted by Crippen LogP contribution is -1.97. The van der Waals surface area contributed by atoms with Crippen molar-refractivity contribution in [2.24, 2.45) is 0 Å². The highest BCUT2D eigenvalue weighted by Crippen LogP contribution is 2.45. The zero-order chi connectivity index (χ0) is 36.7. The Kier molecular flexibility index (Phi) is 10.8. The summed E-state index contributed by atoms with van der Waals surface area (Å²) in [4.78, 5) is 2.75. The van der Waals surface area contributed by atoms with Gasteiger partial charge < -0.3 is 0 Å². The second-order valence-corrected chi connectivity index (χ2v) is 19.4. The lowest BCUT2D eigenvalue weighted by molar-refractivity contribution is 1.28. The van der Waals surface area contributed by atoms with Crippen molar-refractivity contribution in [3.8, 4) is 44.5 Å². The summed E-state index contributed by atoms with van der Waals surface area (Å²) >= 11 is 2.02. The van der Waals surface area contributed by atoms with Crippen molar-refractivity contribution in [1.82, 2.24) is 0 Å². The molecule has 258 valence electrons. The van der Waals surface area contributed by atoms with E-state index in [9.17, 15) is 0 Å². The second kappa shape index (κ2) is 15.0. The third-order valence-corrected chi connectivity index (χ3v) is 14.8. The van der Waals surface area contributed by atoms with E-state index in [2.05, 4.69) is 168 Å². The number of hydrogen-bond acceptors (Lipinski definition) is 1. The molecular weight excluding hydrogens is 669 g/mol. The first-order valence-corrected chi connectivity index (χ1v) is 22.0. The summed E-state index contributed by atoms with van der Waals surface area (Å²) in [5.74, 6) is 0. The SMILES string of the molecule is Cc1cc(C)c(-c2cccc(-c3c(C)cc(C)cc3C)c2S[Si]#Sc2c(-c3c(C)cc(C)cc3C)cccc2-c2c(C)cc(C)cc2C)c(C)c1. The minimum absolute atomic E-state index is 0.551. The molecule has 6 rings (SSSR count). The molecule has 0 amide bonds. The predicted octanol–water partition coefficient (Wildman–Crippen LogP) is 14.5. The highest BCUT2D eigenvalue weighted by atomic mass is 32.4. The van der Waals surface area contributed by atoms with Crippen LogP contribution in [0, 0.1) is 83.1 Å². The van der Waals surface area contributed by atoms with Crippen molar-refractivity contribution in [2.75, 3.05) is 0 Å². The largest absolute Gasteiger partial charge is 0.127 e. The van der Waals surface area contributed by atoms with Crippen molar-refractivity contribution in [1.29, 1.82) is 0 Å². The first-order valence-electron chi connectivity index (χ1n) is 17.9. The van der Waals surface area contributed by atoms with E-state index in [1.54, 1.807) is 0 Å². The maximum Gasteiger partial charge on any atom is 0.0885 e. The van der Waals surface area contributed by atoms with Crippen LogP contribution in [0.15, 0.2) is 94.7 Å². The van der Waals surface area contributed by atoms with E-state index in [1.807, 2.05) is 21.8 Å². The van der Waals surface area contributed by atoms with E-state index in [1.165, 1.54) is 121 Å². The van der Waals surface area contributed by atoms with Crippen LogP contribution in [0.25, 0.3) is 44.5 Å². The standard InChI is InChI=1S/C48H50S2Si/c1-27-19-31(5)43(32(6)20-27)39-15-13-16-40(44-33(7)21-28(2)22-34(44)8)47(39)49-51-50-48-41(45-35(9)23-29(3)24-36(45)10)17-14-18-42(48)46-37(11)25-30(4)26-38(46)12/h13-26H,1-12H3. The summed E-state index contributed by atoms with van der Waals surface area (Å²) in [5, 5.41) is 0. The maximum absolute atomic E-state index is 2.35. The molecule has 0 aromatic heterocycles. The molecule has 0 fully saturated rings. The Balaban J connectivity index is 1.64. The molecule has 6 aromatic rings. The molecule has 0 unspecified atom stereocenters. The molecule has 0 aliphatic carbocycles. The fourth-order valence-corrected chi connectivity index (χ4v) is 13.8. The Morgan fingerprint density at radius 2 is 0.569 bits per heavy atom. The third kappa shape index (κ3) is 7.40. The van der Waals surface area contributed by atoms with E-state index in [-0.39, 0.29) is 0 Å². The van der Waals surface area contributed by atoms with Crippen molar-refractivity contribution in [3.05, 3.63) is 152 Å². The van der Waals surface area contributed by atoms with E-state index in [4.69, 9.17) is 0 Å². The minimum atomic E-state index is 0.551. The zero-order valence-corrected chi connectivity index (χ0v) is 35.0. The molecule has 0 saturated carbocycles. The van der Waals surface area contributed by atoms with Crippen LogP contribution in [0.3, 0.4) is 0 Å². The molecule has 0 aliphatic heterocycles. The summed E-state index contributed by atoms with van der Waals surface area (Å²) in [7, 11) is 2.57. The van der Waals surface area contributed by atoms with Gasteiger partial charge in [-0.15, -0.1) is 10.6 Å². The third-order valence-electron chi connectivity index (χ3n) is 10.1. The lowest BCUT2D eigenvalue weighted by atomic mass is 9.89. The summed E-state index contributed by atoms with van der Waals surface area (Å²) in [5.41, 5.74) is 26.7. The topological polar surface area (TPSA) is 0 Å². The molecular formula is C48H50S2Si. The average Bonchev–Trinajstić information content (AvgIpc) is 3.01. The molecule has 6 aromatic carbocycles. The lowest BCUT2D eigenvalue weighted by Gasteiger charge is -2.20. The van der Waals surface area contributed by atoms with Gasteiger partial charge in [-0.1, -0.05) is 118 Å². The number of benzene rings is 6. The quantitative estimate of drug-likeness (QED) is 0.160. The molecule has 0 bridgehead atoms. The smallest absolute Gasteiger partial charge is 0.0885 e. The Labute approximate surface area is 316 Å². The Bertz CT molecular complexity index is 2170. The molecule has 0 aliphatic rings. The van der Waals surface area contributed by atoms with Gasteiger partial charge in [0.25, 0.3) is 0 Å². The van der Waals surface area contributed by atoms with Gasteiger partial charge in [0.2, 0.25) is 0 Å². The molecule has 0 heterocycles. The second-order valence-electron chi connectivity index (χ2n) is 14.7. The van der Waals surface area contributed by atoms with Gasteiger partial charge >= 0.3 is 0 Å². The number of rotatable bonds is 5. The fraction of sp³-hybridized carbons (Fsp3) is 0.250. The fourth-order valence-electron chi connectivity index (χ4n) is 8.61. The first-order chi connectivity index (χ1) is 24.2. The molecule has 0 saturated heterocycles. The Hall–Kier alpha value is -3.89. The van der Waals surface area contributed by atoms with Gasteiger partial charge in [-0.05, 0) is 161 Å². The zero-order valence-electron chi connectivity index (χ0n) is 32.4. The maximum atomic E-state index is 2.35. The molecule has 0 N–H and O–H groups in total. The molecule has 3 heteroatoms. The minimum Gasteiger partial charge on any atom is -0.127 e. The molecule has 0 radical (unpaired) electrons. The molecule has 0 nitrogen and oxygen atoms in total. The van der Waals surface area contributed by atoms with Crippen LogP contribution in [-0.2, 0) is 0 Å². The van der Waals surface area contributed by atoms with Gasteiger partial charge in [-0.2, -0.15) is 0 Å². The van der Waals surface area contributed by atoms with Gasteiger partial charge in [0.05, 0.1) is 7.17 Å². The highest BCUT2D eigenvalue weighted by molar-refractivity contribution is 8.30. The Morgan fingerprint density at radius 1 is 0.333 bits per heavy atom. The van der Waals surface area contributed by atoms with Crippen molar-refractivity contribution in [3.63, 3.8) is 0 Å². The van der Waals surface area contributed by atoms with E-state index >= 15 is 0 Å². The first kappa shape index (κ1) is 36.9. The monoisotopic (exact) mass is 718 g/mol. The van der Waals surface area contributed by atoms with E-state index in [0.717, 1.165) is 0 Å². The van der Waals surface area contributed by atoms with Crippen LogP contribution in [0.2, 0.25) is 0 Å². The summed E-state index contributed by atoms with van der Waals surface area (Å²) in [6.45, 7) is 27.0. The molecule has 51 heavy (non-hydrogen) atoms. The van der Waals surface area contributed by atoms with Crippen molar-refractivity contribution < 1.29 is 0 Å². The summed E-state index contributed by atoms with van der Waals surface area (Å²) < 4.78 is 0. The molecule has 0 atom stereocenters. The van der Waals surface area contributed by atoms with Crippen LogP contribution in [-0.4, -0.2) is 7.17 Å². The van der Waals surface area contributed by atoms with Gasteiger partial charge in [0.15, 0.2) is 0 Å². The van der Waals surface area contributed by atoms with E-state index in [0.29, 0.717) is 7.17 Å². The van der Waals surface area contributed by atoms with Gasteiger partial charge in [0, 0.05) is 20.9 Å². The van der Waals surface area contributed by atoms with Gasteiger partial charge in [-0.25, -0.2) is 0 Å². The normalized spacial score (nSPS) is 11.1. The number of hydrogen-bond donors (Lipinski definition) is 0. The predicted molar refractivity (Wildman–Crippen MR) is 229 cm³/mol. The Morgan fingerprint density at radius 3 is 0.824 bits per heavy atom. The van der Waals surface area contributed by atoms with E-state index < -0.39 is 0 Å². The van der Waals surface area contributed by atoms with Gasteiger partial charge in [-0.3, -0.25) is 0 Å².